The monoisotopic (exact) mass is 283 g/mol. The van der Waals surface area contributed by atoms with E-state index >= 15 is 0 Å². The standard InChI is InChI=1S/C17H21N3O/c21-17-15-4-2-1-3-13(15)9-16(19-17)18-10-12-7-8-20(11-12)14-5-6-14/h1-4,9,12,14H,5-8,10-11H2,(H2,18,19,21). The molecule has 1 aromatic heterocycles. The summed E-state index contributed by atoms with van der Waals surface area (Å²) in [5.41, 5.74) is -0.0124. The highest BCUT2D eigenvalue weighted by Crippen LogP contribution is 2.31. The lowest BCUT2D eigenvalue weighted by Gasteiger charge is -2.15. The van der Waals surface area contributed by atoms with Crippen LogP contribution >= 0.6 is 0 Å². The number of aromatic amines is 1. The van der Waals surface area contributed by atoms with Crippen LogP contribution in [0.25, 0.3) is 10.8 Å². The molecule has 0 spiro atoms. The van der Waals surface area contributed by atoms with Crippen molar-refractivity contribution < 1.29 is 0 Å². The third-order valence-electron chi connectivity index (χ3n) is 4.72. The highest BCUT2D eigenvalue weighted by atomic mass is 16.1. The molecule has 4 nitrogen and oxygen atoms in total. The summed E-state index contributed by atoms with van der Waals surface area (Å²) in [5, 5.41) is 5.17. The molecule has 1 aliphatic carbocycles. The lowest BCUT2D eigenvalue weighted by Crippen LogP contribution is -2.25. The van der Waals surface area contributed by atoms with Gasteiger partial charge in [-0.3, -0.25) is 4.79 Å². The van der Waals surface area contributed by atoms with Gasteiger partial charge in [0.05, 0.1) is 0 Å². The van der Waals surface area contributed by atoms with Crippen LogP contribution in [0.15, 0.2) is 35.1 Å². The highest BCUT2D eigenvalue weighted by molar-refractivity contribution is 5.83. The summed E-state index contributed by atoms with van der Waals surface area (Å²) in [4.78, 5) is 17.6. The Morgan fingerprint density at radius 3 is 2.95 bits per heavy atom. The fourth-order valence-corrected chi connectivity index (χ4v) is 3.36. The maximum absolute atomic E-state index is 12.0. The van der Waals surface area contributed by atoms with E-state index in [9.17, 15) is 4.79 Å². The molecular formula is C17H21N3O. The molecule has 110 valence electrons. The molecule has 1 saturated carbocycles. The molecule has 2 heterocycles. The van der Waals surface area contributed by atoms with Crippen molar-refractivity contribution in [1.29, 1.82) is 0 Å². The third kappa shape index (κ3) is 2.68. The van der Waals surface area contributed by atoms with Gasteiger partial charge < -0.3 is 15.2 Å². The van der Waals surface area contributed by atoms with Crippen LogP contribution in [-0.4, -0.2) is 35.6 Å². The summed E-state index contributed by atoms with van der Waals surface area (Å²) in [6.07, 6.45) is 4.04. The average Bonchev–Trinajstić information content (AvgIpc) is 3.24. The molecular weight excluding hydrogens is 262 g/mol. The Morgan fingerprint density at radius 2 is 2.10 bits per heavy atom. The zero-order valence-corrected chi connectivity index (χ0v) is 12.1. The van der Waals surface area contributed by atoms with Crippen LogP contribution in [0.3, 0.4) is 0 Å². The van der Waals surface area contributed by atoms with E-state index in [0.29, 0.717) is 5.92 Å². The van der Waals surface area contributed by atoms with Gasteiger partial charge in [0, 0.05) is 24.5 Å². The van der Waals surface area contributed by atoms with Gasteiger partial charge >= 0.3 is 0 Å². The van der Waals surface area contributed by atoms with Gasteiger partial charge in [0.25, 0.3) is 5.56 Å². The van der Waals surface area contributed by atoms with Crippen molar-refractivity contribution in [3.8, 4) is 0 Å². The van der Waals surface area contributed by atoms with E-state index in [4.69, 9.17) is 0 Å². The Bertz CT molecular complexity index is 704. The van der Waals surface area contributed by atoms with Gasteiger partial charge in [-0.05, 0) is 49.2 Å². The third-order valence-corrected chi connectivity index (χ3v) is 4.72. The molecule has 0 radical (unpaired) electrons. The number of aromatic nitrogens is 1. The van der Waals surface area contributed by atoms with Gasteiger partial charge in [-0.2, -0.15) is 0 Å². The quantitative estimate of drug-likeness (QED) is 0.906. The molecule has 1 aromatic carbocycles. The average molecular weight is 283 g/mol. The van der Waals surface area contributed by atoms with E-state index in [1.165, 1.54) is 32.4 Å². The van der Waals surface area contributed by atoms with Crippen LogP contribution in [0.1, 0.15) is 19.3 Å². The molecule has 1 saturated heterocycles. The molecule has 2 fully saturated rings. The van der Waals surface area contributed by atoms with E-state index in [1.54, 1.807) is 0 Å². The van der Waals surface area contributed by atoms with Crippen LogP contribution in [0.4, 0.5) is 5.82 Å². The molecule has 0 amide bonds. The van der Waals surface area contributed by atoms with E-state index in [-0.39, 0.29) is 5.56 Å². The zero-order valence-electron chi connectivity index (χ0n) is 12.1. The maximum atomic E-state index is 12.0. The molecule has 2 aromatic rings. The fourth-order valence-electron chi connectivity index (χ4n) is 3.36. The van der Waals surface area contributed by atoms with E-state index < -0.39 is 0 Å². The molecule has 2 aliphatic rings. The number of benzene rings is 1. The molecule has 4 rings (SSSR count). The lowest BCUT2D eigenvalue weighted by atomic mass is 10.1. The maximum Gasteiger partial charge on any atom is 0.257 e. The molecule has 4 heteroatoms. The SMILES string of the molecule is O=c1[nH]c(NCC2CCN(C3CC3)C2)cc2ccccc12. The Balaban J connectivity index is 1.44. The summed E-state index contributed by atoms with van der Waals surface area (Å²) >= 11 is 0. The Hall–Kier alpha value is -1.81. The van der Waals surface area contributed by atoms with Crippen molar-refractivity contribution in [2.75, 3.05) is 25.0 Å². The molecule has 1 unspecified atom stereocenters. The van der Waals surface area contributed by atoms with Crippen molar-refractivity contribution in [2.45, 2.75) is 25.3 Å². The second-order valence-electron chi connectivity index (χ2n) is 6.36. The number of anilines is 1. The summed E-state index contributed by atoms with van der Waals surface area (Å²) in [5.74, 6) is 1.53. The van der Waals surface area contributed by atoms with Gasteiger partial charge in [0.2, 0.25) is 0 Å². The molecule has 1 atom stereocenters. The topological polar surface area (TPSA) is 48.1 Å². The first kappa shape index (κ1) is 12.9. The first-order valence-corrected chi connectivity index (χ1v) is 7.89. The minimum atomic E-state index is -0.0124. The molecule has 21 heavy (non-hydrogen) atoms. The Kier molecular flexibility index (Phi) is 3.19. The van der Waals surface area contributed by atoms with Crippen LogP contribution in [0.2, 0.25) is 0 Å². The van der Waals surface area contributed by atoms with Crippen molar-refractivity contribution >= 4 is 16.6 Å². The number of nitrogens with zero attached hydrogens (tertiary/aromatic N) is 1. The Morgan fingerprint density at radius 1 is 1.24 bits per heavy atom. The summed E-state index contributed by atoms with van der Waals surface area (Å²) in [6, 6.07) is 10.6. The predicted molar refractivity (Wildman–Crippen MR) is 85.8 cm³/mol. The highest BCUT2D eigenvalue weighted by Gasteiger charge is 2.34. The van der Waals surface area contributed by atoms with Crippen molar-refractivity contribution in [1.82, 2.24) is 9.88 Å². The first-order chi connectivity index (χ1) is 10.3. The van der Waals surface area contributed by atoms with Gasteiger partial charge in [-0.15, -0.1) is 0 Å². The largest absolute Gasteiger partial charge is 0.371 e. The predicted octanol–water partition coefficient (Wildman–Crippen LogP) is 2.42. The second kappa shape index (κ2) is 5.19. The number of hydrogen-bond acceptors (Lipinski definition) is 3. The van der Waals surface area contributed by atoms with Gasteiger partial charge in [0.15, 0.2) is 0 Å². The van der Waals surface area contributed by atoms with Gasteiger partial charge in [-0.25, -0.2) is 0 Å². The normalized spacial score (nSPS) is 22.8. The van der Waals surface area contributed by atoms with Crippen LogP contribution < -0.4 is 10.9 Å². The van der Waals surface area contributed by atoms with E-state index in [0.717, 1.165) is 29.2 Å². The minimum absolute atomic E-state index is 0.0124. The minimum Gasteiger partial charge on any atom is -0.371 e. The number of likely N-dealkylation sites (tertiary alicyclic amines) is 1. The van der Waals surface area contributed by atoms with Gasteiger partial charge in [0.1, 0.15) is 5.82 Å². The van der Waals surface area contributed by atoms with E-state index in [2.05, 4.69) is 15.2 Å². The molecule has 1 aliphatic heterocycles. The van der Waals surface area contributed by atoms with Gasteiger partial charge in [-0.1, -0.05) is 18.2 Å². The Labute approximate surface area is 124 Å². The number of rotatable bonds is 4. The zero-order chi connectivity index (χ0) is 14.2. The lowest BCUT2D eigenvalue weighted by molar-refractivity contribution is 0.316. The van der Waals surface area contributed by atoms with Crippen molar-refractivity contribution in [3.63, 3.8) is 0 Å². The summed E-state index contributed by atoms with van der Waals surface area (Å²) < 4.78 is 0. The van der Waals surface area contributed by atoms with Crippen LogP contribution in [-0.2, 0) is 0 Å². The van der Waals surface area contributed by atoms with E-state index in [1.807, 2.05) is 30.3 Å². The number of hydrogen-bond donors (Lipinski definition) is 2. The smallest absolute Gasteiger partial charge is 0.257 e. The fraction of sp³-hybridized carbons (Fsp3) is 0.471. The summed E-state index contributed by atoms with van der Waals surface area (Å²) in [7, 11) is 0. The van der Waals surface area contributed by atoms with Crippen LogP contribution in [0, 0.1) is 5.92 Å². The number of nitrogens with one attached hydrogen (secondary N) is 2. The second-order valence-corrected chi connectivity index (χ2v) is 6.36. The number of fused-ring (bicyclic) bond motifs is 1. The first-order valence-electron chi connectivity index (χ1n) is 7.89. The van der Waals surface area contributed by atoms with Crippen LogP contribution in [0.5, 0.6) is 0 Å². The molecule has 2 N–H and O–H groups in total. The number of pyridine rings is 1. The van der Waals surface area contributed by atoms with Crippen molar-refractivity contribution in [3.05, 3.63) is 40.7 Å². The number of H-pyrrole nitrogens is 1. The van der Waals surface area contributed by atoms with Crippen molar-refractivity contribution in [2.24, 2.45) is 5.92 Å². The molecule has 0 bridgehead atoms. The summed E-state index contributed by atoms with van der Waals surface area (Å²) in [6.45, 7) is 3.39.